The first-order chi connectivity index (χ1) is 9.84. The molecule has 0 fully saturated rings. The van der Waals surface area contributed by atoms with Gasteiger partial charge in [-0.1, -0.05) is 13.3 Å². The monoisotopic (exact) mass is 313 g/mol. The number of carbonyl (C=O) groups excluding carboxylic acids is 2. The van der Waals surface area contributed by atoms with E-state index in [1.165, 1.54) is 24.3 Å². The molecule has 0 radical (unpaired) electrons. The summed E-state index contributed by atoms with van der Waals surface area (Å²) < 4.78 is 27.4. The molecule has 0 aliphatic heterocycles. The summed E-state index contributed by atoms with van der Waals surface area (Å²) in [5.41, 5.74) is 0.198. The number of benzene rings is 1. The number of unbranched alkanes of at least 4 members (excludes halogenated alkanes) is 1. The quantitative estimate of drug-likeness (QED) is 0.603. The topological polar surface area (TPSA) is 89.5 Å². The average molecular weight is 313 g/mol. The van der Waals surface area contributed by atoms with Crippen molar-refractivity contribution in [2.75, 3.05) is 19.4 Å². The van der Waals surface area contributed by atoms with Crippen LogP contribution in [-0.2, 0) is 19.4 Å². The summed E-state index contributed by atoms with van der Waals surface area (Å²) in [6.45, 7) is 2.21. The molecule has 0 saturated heterocycles. The molecule has 1 N–H and O–H groups in total. The molecule has 116 valence electrons. The highest BCUT2D eigenvalue weighted by Gasteiger charge is 2.12. The van der Waals surface area contributed by atoms with Crippen molar-refractivity contribution in [2.24, 2.45) is 0 Å². The van der Waals surface area contributed by atoms with Crippen molar-refractivity contribution >= 4 is 21.7 Å². The first-order valence-corrected chi connectivity index (χ1v) is 8.47. The van der Waals surface area contributed by atoms with Gasteiger partial charge >= 0.3 is 5.97 Å². The molecule has 1 aromatic carbocycles. The molecule has 7 heteroatoms. The molecule has 6 nitrogen and oxygen atoms in total. The van der Waals surface area contributed by atoms with Crippen LogP contribution in [0.4, 0.5) is 0 Å². The lowest BCUT2D eigenvalue weighted by atomic mass is 10.2. The molecule has 21 heavy (non-hydrogen) atoms. The van der Waals surface area contributed by atoms with Gasteiger partial charge in [0, 0.05) is 12.8 Å². The number of hydrogen-bond acceptors (Lipinski definition) is 5. The Labute approximate surface area is 124 Å². The highest BCUT2D eigenvalue weighted by Crippen LogP contribution is 2.11. The third-order valence-electron chi connectivity index (χ3n) is 2.71. The van der Waals surface area contributed by atoms with E-state index in [1.807, 2.05) is 6.92 Å². The van der Waals surface area contributed by atoms with Gasteiger partial charge in [0.2, 0.25) is 0 Å². The minimum Gasteiger partial charge on any atom is -0.452 e. The molecule has 0 bridgehead atoms. The van der Waals surface area contributed by atoms with Gasteiger partial charge < -0.3 is 10.1 Å². The van der Waals surface area contributed by atoms with Gasteiger partial charge in [-0.15, -0.1) is 0 Å². The first kappa shape index (κ1) is 17.2. The van der Waals surface area contributed by atoms with Crippen LogP contribution in [0.15, 0.2) is 29.2 Å². The Morgan fingerprint density at radius 1 is 1.19 bits per heavy atom. The normalized spacial score (nSPS) is 11.0. The number of hydrogen-bond donors (Lipinski definition) is 1. The zero-order valence-electron chi connectivity index (χ0n) is 12.1. The van der Waals surface area contributed by atoms with Crippen LogP contribution in [0.25, 0.3) is 0 Å². The molecular formula is C14H19NO5S. The van der Waals surface area contributed by atoms with E-state index >= 15 is 0 Å². The molecular weight excluding hydrogens is 294 g/mol. The van der Waals surface area contributed by atoms with E-state index in [9.17, 15) is 18.0 Å². The lowest BCUT2D eigenvalue weighted by Crippen LogP contribution is -2.29. The van der Waals surface area contributed by atoms with Crippen molar-refractivity contribution in [3.05, 3.63) is 29.8 Å². The number of sulfone groups is 1. The highest BCUT2D eigenvalue weighted by molar-refractivity contribution is 7.90. The van der Waals surface area contributed by atoms with Crippen molar-refractivity contribution in [2.45, 2.75) is 24.7 Å². The molecule has 0 unspecified atom stereocenters. The zero-order chi connectivity index (χ0) is 15.9. The summed E-state index contributed by atoms with van der Waals surface area (Å²) in [5.74, 6) is -1.02. The maximum atomic E-state index is 11.7. The predicted octanol–water partition coefficient (Wildman–Crippen LogP) is 1.16. The molecule has 0 spiro atoms. The Morgan fingerprint density at radius 3 is 2.33 bits per heavy atom. The van der Waals surface area contributed by atoms with E-state index in [1.54, 1.807) is 0 Å². The van der Waals surface area contributed by atoms with E-state index in [-0.39, 0.29) is 23.0 Å². The number of carbonyl (C=O) groups is 2. The fourth-order valence-corrected chi connectivity index (χ4v) is 2.14. The Balaban J connectivity index is 2.51. The molecule has 1 rings (SSSR count). The molecule has 1 amide bonds. The Kier molecular flexibility index (Phi) is 6.36. The predicted molar refractivity (Wildman–Crippen MR) is 77.8 cm³/mol. The van der Waals surface area contributed by atoms with Gasteiger partial charge in [0.05, 0.1) is 10.5 Å². The van der Waals surface area contributed by atoms with Crippen LogP contribution in [-0.4, -0.2) is 39.7 Å². The number of ether oxygens (including phenoxy) is 1. The van der Waals surface area contributed by atoms with Crippen LogP contribution < -0.4 is 5.32 Å². The van der Waals surface area contributed by atoms with Gasteiger partial charge in [-0.25, -0.2) is 13.2 Å². The highest BCUT2D eigenvalue weighted by atomic mass is 32.2. The maximum Gasteiger partial charge on any atom is 0.338 e. The third-order valence-corrected chi connectivity index (χ3v) is 3.83. The first-order valence-electron chi connectivity index (χ1n) is 6.58. The van der Waals surface area contributed by atoms with Gasteiger partial charge in [0.25, 0.3) is 5.91 Å². The number of esters is 1. The minimum absolute atomic E-state index is 0.122. The third kappa shape index (κ3) is 5.95. The van der Waals surface area contributed by atoms with Crippen LogP contribution in [0, 0.1) is 0 Å². The summed E-state index contributed by atoms with van der Waals surface area (Å²) in [6, 6.07) is 5.36. The Bertz CT molecular complexity index is 592. The Morgan fingerprint density at radius 2 is 1.81 bits per heavy atom. The largest absolute Gasteiger partial charge is 0.452 e. The Hall–Kier alpha value is -1.89. The number of amides is 1. The van der Waals surface area contributed by atoms with Crippen molar-refractivity contribution < 1.29 is 22.7 Å². The van der Waals surface area contributed by atoms with E-state index in [0.29, 0.717) is 6.54 Å². The molecule has 0 aliphatic rings. The van der Waals surface area contributed by atoms with Gasteiger partial charge in [-0.2, -0.15) is 0 Å². The summed E-state index contributed by atoms with van der Waals surface area (Å²) in [5, 5.41) is 2.62. The van der Waals surface area contributed by atoms with Gasteiger partial charge in [0.1, 0.15) is 0 Å². The molecule has 0 aromatic heterocycles. The average Bonchev–Trinajstić information content (AvgIpc) is 2.44. The fourth-order valence-electron chi connectivity index (χ4n) is 1.51. The van der Waals surface area contributed by atoms with E-state index in [2.05, 4.69) is 5.32 Å². The standard InChI is InChI=1S/C14H19NO5S/c1-3-4-9-15-13(16)10-20-14(17)11-5-7-12(8-6-11)21(2,18)19/h5-8H,3-4,9-10H2,1-2H3,(H,15,16). The second kappa shape index (κ2) is 7.78. The lowest BCUT2D eigenvalue weighted by Gasteiger charge is -2.06. The van der Waals surface area contributed by atoms with Crippen molar-refractivity contribution in [1.29, 1.82) is 0 Å². The van der Waals surface area contributed by atoms with Gasteiger partial charge in [-0.3, -0.25) is 4.79 Å². The minimum atomic E-state index is -3.30. The fraction of sp³-hybridized carbons (Fsp3) is 0.429. The molecule has 0 aliphatic carbocycles. The van der Waals surface area contributed by atoms with Crippen LogP contribution in [0.5, 0.6) is 0 Å². The van der Waals surface area contributed by atoms with Crippen molar-refractivity contribution in [1.82, 2.24) is 5.32 Å². The van der Waals surface area contributed by atoms with Gasteiger partial charge in [0.15, 0.2) is 16.4 Å². The summed E-state index contributed by atoms with van der Waals surface area (Å²) >= 11 is 0. The zero-order valence-corrected chi connectivity index (χ0v) is 12.9. The molecule has 1 aromatic rings. The van der Waals surface area contributed by atoms with Crippen LogP contribution in [0.3, 0.4) is 0 Å². The number of rotatable bonds is 7. The SMILES string of the molecule is CCCCNC(=O)COC(=O)c1ccc(S(C)(=O)=O)cc1. The molecule has 0 saturated carbocycles. The van der Waals surface area contributed by atoms with E-state index < -0.39 is 15.8 Å². The summed E-state index contributed by atoms with van der Waals surface area (Å²) in [4.78, 5) is 23.2. The van der Waals surface area contributed by atoms with Gasteiger partial charge in [-0.05, 0) is 30.7 Å². The maximum absolute atomic E-state index is 11.7. The van der Waals surface area contributed by atoms with Crippen LogP contribution in [0.2, 0.25) is 0 Å². The smallest absolute Gasteiger partial charge is 0.338 e. The molecule has 0 heterocycles. The van der Waals surface area contributed by atoms with Crippen molar-refractivity contribution in [3.8, 4) is 0 Å². The van der Waals surface area contributed by atoms with Crippen LogP contribution >= 0.6 is 0 Å². The number of nitrogens with one attached hydrogen (secondary N) is 1. The summed E-state index contributed by atoms with van der Waals surface area (Å²) in [6.07, 6.45) is 2.92. The van der Waals surface area contributed by atoms with Crippen molar-refractivity contribution in [3.63, 3.8) is 0 Å². The lowest BCUT2D eigenvalue weighted by molar-refractivity contribution is -0.124. The van der Waals surface area contributed by atoms with E-state index in [4.69, 9.17) is 4.74 Å². The van der Waals surface area contributed by atoms with Crippen LogP contribution in [0.1, 0.15) is 30.1 Å². The second-order valence-electron chi connectivity index (χ2n) is 4.58. The molecule has 0 atom stereocenters. The summed E-state index contributed by atoms with van der Waals surface area (Å²) in [7, 11) is -3.30. The second-order valence-corrected chi connectivity index (χ2v) is 6.59. The van der Waals surface area contributed by atoms with E-state index in [0.717, 1.165) is 19.1 Å².